The third-order valence-electron chi connectivity index (χ3n) is 3.73. The Balaban J connectivity index is 2.29. The molecule has 8 nitrogen and oxygen atoms in total. The smallest absolute Gasteiger partial charge is 0.324 e. The van der Waals surface area contributed by atoms with Crippen LogP contribution in [0.4, 0.5) is 0 Å². The van der Waals surface area contributed by atoms with Crippen LogP contribution in [-0.4, -0.2) is 62.1 Å². The molecule has 0 unspecified atom stereocenters. The molecule has 2 atom stereocenters. The minimum Gasteiger partial charge on any atom is -0.324 e. The van der Waals surface area contributed by atoms with E-state index in [9.17, 15) is 21.4 Å². The summed E-state index contributed by atoms with van der Waals surface area (Å²) in [6.07, 6.45) is -0.525. The topological polar surface area (TPSA) is 138 Å². The standard InChI is InChI=1S/C12H16Cl2NO7PS2/c13-9-2-1-8(5-10(9)14)25(21,22)12-7-24(19,20)6-11(12)15-3-4-23(16,17)18/h1-2,5,11-12,15H,3-4,6-7H2,(H2,16,17,18)/t11-,12-/m0/s1. The number of sulfone groups is 2. The normalized spacial score (nSPS) is 23.7. The molecule has 0 bridgehead atoms. The van der Waals surface area contributed by atoms with Gasteiger partial charge in [0.25, 0.3) is 0 Å². The van der Waals surface area contributed by atoms with Gasteiger partial charge in [0, 0.05) is 12.6 Å². The van der Waals surface area contributed by atoms with E-state index in [2.05, 4.69) is 5.32 Å². The zero-order chi connectivity index (χ0) is 19.0. The lowest BCUT2D eigenvalue weighted by molar-refractivity contribution is 0.371. The fraction of sp³-hybridized carbons (Fsp3) is 0.500. The monoisotopic (exact) mass is 451 g/mol. The van der Waals surface area contributed by atoms with Gasteiger partial charge in [-0.25, -0.2) is 16.8 Å². The van der Waals surface area contributed by atoms with Crippen LogP contribution in [0.3, 0.4) is 0 Å². The first-order valence-electron chi connectivity index (χ1n) is 6.99. The second-order valence-corrected chi connectivity index (χ2v) is 12.6. The van der Waals surface area contributed by atoms with Crippen molar-refractivity contribution in [3.63, 3.8) is 0 Å². The minimum atomic E-state index is -4.28. The maximum Gasteiger partial charge on any atom is 0.326 e. The molecule has 25 heavy (non-hydrogen) atoms. The molecule has 1 fully saturated rings. The lowest BCUT2D eigenvalue weighted by atomic mass is 10.2. The Labute approximate surface area is 155 Å². The Morgan fingerprint density at radius 1 is 1.20 bits per heavy atom. The van der Waals surface area contributed by atoms with Crippen molar-refractivity contribution in [2.45, 2.75) is 16.2 Å². The highest BCUT2D eigenvalue weighted by Crippen LogP contribution is 2.34. The Kier molecular flexibility index (Phi) is 6.28. The SMILES string of the molecule is O=P(O)(O)CCN[C@H]1CS(=O)(=O)C[C@@H]1S(=O)(=O)c1ccc(Cl)c(Cl)c1. The molecule has 0 saturated carbocycles. The molecule has 1 saturated heterocycles. The van der Waals surface area contributed by atoms with Crippen molar-refractivity contribution in [3.05, 3.63) is 28.2 Å². The molecule has 0 radical (unpaired) electrons. The number of halogens is 2. The Hall–Kier alpha value is -0.190. The highest BCUT2D eigenvalue weighted by Gasteiger charge is 2.45. The van der Waals surface area contributed by atoms with Crippen LogP contribution in [0.5, 0.6) is 0 Å². The van der Waals surface area contributed by atoms with Crippen LogP contribution < -0.4 is 5.32 Å². The zero-order valence-corrected chi connectivity index (χ0v) is 16.7. The summed E-state index contributed by atoms with van der Waals surface area (Å²) in [5.41, 5.74) is 0. The van der Waals surface area contributed by atoms with Gasteiger partial charge in [0.2, 0.25) is 0 Å². The van der Waals surface area contributed by atoms with E-state index in [0.29, 0.717) is 0 Å². The molecule has 2 rings (SSSR count). The van der Waals surface area contributed by atoms with Gasteiger partial charge in [-0.05, 0) is 18.2 Å². The molecule has 0 spiro atoms. The number of hydrogen-bond acceptors (Lipinski definition) is 6. The average Bonchev–Trinajstić information content (AvgIpc) is 2.76. The van der Waals surface area contributed by atoms with E-state index in [1.54, 1.807) is 0 Å². The first-order chi connectivity index (χ1) is 11.3. The second-order valence-electron chi connectivity index (χ2n) is 5.69. The maximum atomic E-state index is 12.8. The maximum absolute atomic E-state index is 12.8. The summed E-state index contributed by atoms with van der Waals surface area (Å²) in [4.78, 5) is 17.6. The van der Waals surface area contributed by atoms with Gasteiger partial charge in [-0.3, -0.25) is 4.57 Å². The largest absolute Gasteiger partial charge is 0.326 e. The predicted molar refractivity (Wildman–Crippen MR) is 94.8 cm³/mol. The van der Waals surface area contributed by atoms with Crippen LogP contribution in [0.25, 0.3) is 0 Å². The predicted octanol–water partition coefficient (Wildman–Crippen LogP) is 0.700. The molecule has 0 aromatic heterocycles. The highest BCUT2D eigenvalue weighted by atomic mass is 35.5. The van der Waals surface area contributed by atoms with Crippen LogP contribution in [0.15, 0.2) is 23.1 Å². The van der Waals surface area contributed by atoms with Crippen LogP contribution >= 0.6 is 30.8 Å². The van der Waals surface area contributed by atoms with Crippen molar-refractivity contribution in [2.75, 3.05) is 24.2 Å². The number of nitrogens with one attached hydrogen (secondary N) is 1. The second kappa shape index (κ2) is 7.44. The summed E-state index contributed by atoms with van der Waals surface area (Å²) in [6.45, 7) is -0.210. The van der Waals surface area contributed by atoms with Crippen LogP contribution in [-0.2, 0) is 24.2 Å². The van der Waals surface area contributed by atoms with Gasteiger partial charge < -0.3 is 15.1 Å². The van der Waals surface area contributed by atoms with Gasteiger partial charge >= 0.3 is 7.60 Å². The third-order valence-corrected chi connectivity index (χ3v) is 9.42. The molecule has 142 valence electrons. The van der Waals surface area contributed by atoms with E-state index in [-0.39, 0.29) is 21.5 Å². The first kappa shape index (κ1) is 21.1. The Morgan fingerprint density at radius 2 is 1.84 bits per heavy atom. The lowest BCUT2D eigenvalue weighted by Gasteiger charge is -2.20. The Morgan fingerprint density at radius 3 is 2.40 bits per heavy atom. The summed E-state index contributed by atoms with van der Waals surface area (Å²) in [7, 11) is -11.9. The molecular weight excluding hydrogens is 436 g/mol. The molecular formula is C12H16Cl2NO7PS2. The van der Waals surface area contributed by atoms with Crippen molar-refractivity contribution in [1.29, 1.82) is 0 Å². The molecule has 1 aromatic carbocycles. The first-order valence-corrected chi connectivity index (χ1v) is 12.9. The average molecular weight is 452 g/mol. The van der Waals surface area contributed by atoms with Gasteiger partial charge in [0.15, 0.2) is 19.7 Å². The van der Waals surface area contributed by atoms with E-state index >= 15 is 0 Å². The van der Waals surface area contributed by atoms with E-state index in [1.807, 2.05) is 0 Å². The van der Waals surface area contributed by atoms with E-state index in [0.717, 1.165) is 6.07 Å². The molecule has 0 amide bonds. The van der Waals surface area contributed by atoms with Crippen molar-refractivity contribution in [1.82, 2.24) is 5.32 Å². The fourth-order valence-corrected chi connectivity index (χ4v) is 8.06. The van der Waals surface area contributed by atoms with Gasteiger partial charge in [-0.1, -0.05) is 23.2 Å². The zero-order valence-electron chi connectivity index (χ0n) is 12.7. The molecule has 13 heteroatoms. The lowest BCUT2D eigenvalue weighted by Crippen LogP contribution is -2.44. The quantitative estimate of drug-likeness (QED) is 0.537. The van der Waals surface area contributed by atoms with Gasteiger partial charge in [0.05, 0.1) is 37.9 Å². The summed E-state index contributed by atoms with van der Waals surface area (Å²) >= 11 is 11.6. The Bertz CT molecular complexity index is 913. The van der Waals surface area contributed by atoms with Crippen LogP contribution in [0.1, 0.15) is 0 Å². The molecule has 1 aromatic rings. The number of benzene rings is 1. The van der Waals surface area contributed by atoms with Crippen LogP contribution in [0, 0.1) is 0 Å². The van der Waals surface area contributed by atoms with Crippen molar-refractivity contribution in [2.24, 2.45) is 0 Å². The van der Waals surface area contributed by atoms with E-state index in [4.69, 9.17) is 33.0 Å². The number of hydrogen-bond donors (Lipinski definition) is 3. The van der Waals surface area contributed by atoms with E-state index in [1.165, 1.54) is 12.1 Å². The molecule has 1 aliphatic rings. The van der Waals surface area contributed by atoms with Gasteiger partial charge in [0.1, 0.15) is 0 Å². The molecule has 0 aliphatic carbocycles. The fourth-order valence-electron chi connectivity index (χ4n) is 2.54. The summed E-state index contributed by atoms with van der Waals surface area (Å²) < 4.78 is 60.3. The third kappa shape index (κ3) is 5.40. The minimum absolute atomic E-state index is 0.0228. The van der Waals surface area contributed by atoms with Gasteiger partial charge in [-0.2, -0.15) is 0 Å². The van der Waals surface area contributed by atoms with E-state index < -0.39 is 56.2 Å². The van der Waals surface area contributed by atoms with Crippen molar-refractivity contribution in [3.8, 4) is 0 Å². The summed E-state index contributed by atoms with van der Waals surface area (Å²) in [5.74, 6) is -1.01. The summed E-state index contributed by atoms with van der Waals surface area (Å²) in [6, 6.07) is 2.71. The number of rotatable bonds is 6. The molecule has 1 aliphatic heterocycles. The molecule has 3 N–H and O–H groups in total. The van der Waals surface area contributed by atoms with Crippen LogP contribution in [0.2, 0.25) is 10.0 Å². The van der Waals surface area contributed by atoms with Gasteiger partial charge in [-0.15, -0.1) is 0 Å². The summed E-state index contributed by atoms with van der Waals surface area (Å²) in [5, 5.41) is 1.54. The van der Waals surface area contributed by atoms with Crippen molar-refractivity contribution >= 4 is 50.5 Å². The highest BCUT2D eigenvalue weighted by molar-refractivity contribution is 7.96. The van der Waals surface area contributed by atoms with Crippen molar-refractivity contribution < 1.29 is 31.2 Å². The molecule has 1 heterocycles.